The standard InChI is InChI=1S/C15H19ClN2O/c1-11(12-4-3-5-13(16)8-12)18(2)10-15-7-6-14(9-17)19-15/h3-8,11H,9-10,17H2,1-2H3. The SMILES string of the molecule is CC(c1cccc(Cl)c1)N(C)Cc1ccc(CN)o1. The quantitative estimate of drug-likeness (QED) is 0.909. The number of hydrogen-bond donors (Lipinski definition) is 1. The summed E-state index contributed by atoms with van der Waals surface area (Å²) in [6.45, 7) is 3.33. The number of benzene rings is 1. The van der Waals surface area contributed by atoms with Crippen molar-refractivity contribution >= 4 is 11.6 Å². The van der Waals surface area contributed by atoms with E-state index >= 15 is 0 Å². The summed E-state index contributed by atoms with van der Waals surface area (Å²) >= 11 is 6.03. The van der Waals surface area contributed by atoms with Crippen LogP contribution in [0.2, 0.25) is 5.02 Å². The van der Waals surface area contributed by atoms with Crippen molar-refractivity contribution in [2.75, 3.05) is 7.05 Å². The molecule has 19 heavy (non-hydrogen) atoms. The second-order valence-electron chi connectivity index (χ2n) is 4.72. The minimum absolute atomic E-state index is 0.269. The molecule has 102 valence electrons. The summed E-state index contributed by atoms with van der Waals surface area (Å²) in [6.07, 6.45) is 0. The van der Waals surface area contributed by atoms with E-state index in [4.69, 9.17) is 21.8 Å². The van der Waals surface area contributed by atoms with Crippen LogP contribution < -0.4 is 5.73 Å². The summed E-state index contributed by atoms with van der Waals surface area (Å²) in [5.41, 5.74) is 6.73. The zero-order valence-corrected chi connectivity index (χ0v) is 12.0. The normalized spacial score (nSPS) is 12.9. The second kappa shape index (κ2) is 6.24. The molecule has 1 aromatic heterocycles. The maximum Gasteiger partial charge on any atom is 0.118 e. The molecule has 2 N–H and O–H groups in total. The van der Waals surface area contributed by atoms with Crippen LogP contribution in [0.3, 0.4) is 0 Å². The first-order chi connectivity index (χ1) is 9.10. The first-order valence-electron chi connectivity index (χ1n) is 6.33. The smallest absolute Gasteiger partial charge is 0.118 e. The number of halogens is 1. The highest BCUT2D eigenvalue weighted by atomic mass is 35.5. The molecule has 0 aliphatic carbocycles. The molecule has 1 heterocycles. The molecule has 0 bridgehead atoms. The monoisotopic (exact) mass is 278 g/mol. The van der Waals surface area contributed by atoms with E-state index < -0.39 is 0 Å². The molecule has 0 aliphatic heterocycles. The number of hydrogen-bond acceptors (Lipinski definition) is 3. The molecule has 1 aromatic carbocycles. The fraction of sp³-hybridized carbons (Fsp3) is 0.333. The van der Waals surface area contributed by atoms with E-state index in [1.165, 1.54) is 5.56 Å². The van der Waals surface area contributed by atoms with E-state index in [2.05, 4.69) is 24.9 Å². The third-order valence-corrected chi connectivity index (χ3v) is 3.55. The molecule has 2 aromatic rings. The molecular weight excluding hydrogens is 260 g/mol. The predicted molar refractivity (Wildman–Crippen MR) is 77.9 cm³/mol. The maximum absolute atomic E-state index is 6.03. The van der Waals surface area contributed by atoms with E-state index in [9.17, 15) is 0 Å². The Labute approximate surface area is 119 Å². The minimum Gasteiger partial charge on any atom is -0.463 e. The van der Waals surface area contributed by atoms with Crippen LogP contribution in [0.15, 0.2) is 40.8 Å². The van der Waals surface area contributed by atoms with Gasteiger partial charge in [0.05, 0.1) is 13.1 Å². The Morgan fingerprint density at radius 1 is 1.26 bits per heavy atom. The molecule has 0 aliphatic rings. The van der Waals surface area contributed by atoms with Crippen LogP contribution in [-0.2, 0) is 13.1 Å². The van der Waals surface area contributed by atoms with Gasteiger partial charge in [0.1, 0.15) is 11.5 Å². The topological polar surface area (TPSA) is 42.4 Å². The van der Waals surface area contributed by atoms with Crippen LogP contribution in [0, 0.1) is 0 Å². The first kappa shape index (κ1) is 14.1. The predicted octanol–water partition coefficient (Wildman–Crippen LogP) is 3.58. The minimum atomic E-state index is 0.269. The Hall–Kier alpha value is -1.29. The van der Waals surface area contributed by atoms with E-state index in [1.807, 2.05) is 30.3 Å². The molecule has 4 heteroatoms. The van der Waals surface area contributed by atoms with Crippen molar-refractivity contribution in [3.05, 3.63) is 58.5 Å². The van der Waals surface area contributed by atoms with E-state index in [0.717, 1.165) is 23.1 Å². The third kappa shape index (κ3) is 3.60. The third-order valence-electron chi connectivity index (χ3n) is 3.32. The van der Waals surface area contributed by atoms with Crippen molar-refractivity contribution < 1.29 is 4.42 Å². The molecule has 0 radical (unpaired) electrons. The molecule has 0 saturated carbocycles. The fourth-order valence-electron chi connectivity index (χ4n) is 2.02. The molecule has 1 unspecified atom stereocenters. The molecule has 3 nitrogen and oxygen atoms in total. The second-order valence-corrected chi connectivity index (χ2v) is 5.15. The van der Waals surface area contributed by atoms with Gasteiger partial charge < -0.3 is 10.2 Å². The molecule has 0 spiro atoms. The van der Waals surface area contributed by atoms with Gasteiger partial charge in [-0.3, -0.25) is 4.90 Å². The lowest BCUT2D eigenvalue weighted by Crippen LogP contribution is -2.21. The van der Waals surface area contributed by atoms with Crippen LogP contribution in [-0.4, -0.2) is 11.9 Å². The Bertz CT molecular complexity index is 538. The molecule has 0 amide bonds. The van der Waals surface area contributed by atoms with Crippen molar-refractivity contribution in [2.45, 2.75) is 26.1 Å². The largest absolute Gasteiger partial charge is 0.463 e. The van der Waals surface area contributed by atoms with Crippen molar-refractivity contribution in [1.82, 2.24) is 4.90 Å². The van der Waals surface area contributed by atoms with Gasteiger partial charge in [0.15, 0.2) is 0 Å². The van der Waals surface area contributed by atoms with Gasteiger partial charge >= 0.3 is 0 Å². The number of rotatable bonds is 5. The molecule has 2 rings (SSSR count). The Kier molecular flexibility index (Phi) is 4.64. The van der Waals surface area contributed by atoms with Gasteiger partial charge in [0, 0.05) is 11.1 Å². The van der Waals surface area contributed by atoms with E-state index in [1.54, 1.807) is 0 Å². The Morgan fingerprint density at radius 3 is 2.63 bits per heavy atom. The highest BCUT2D eigenvalue weighted by molar-refractivity contribution is 6.30. The summed E-state index contributed by atoms with van der Waals surface area (Å²) in [4.78, 5) is 2.21. The number of furan rings is 1. The first-order valence-corrected chi connectivity index (χ1v) is 6.71. The number of nitrogens with two attached hydrogens (primary N) is 1. The molecular formula is C15H19ClN2O. The lowest BCUT2D eigenvalue weighted by molar-refractivity contribution is 0.230. The van der Waals surface area contributed by atoms with Crippen molar-refractivity contribution in [1.29, 1.82) is 0 Å². The van der Waals surface area contributed by atoms with Gasteiger partial charge in [-0.2, -0.15) is 0 Å². The van der Waals surface area contributed by atoms with Gasteiger partial charge in [-0.25, -0.2) is 0 Å². The number of nitrogens with zero attached hydrogens (tertiary/aromatic N) is 1. The summed E-state index contributed by atoms with van der Waals surface area (Å²) < 4.78 is 5.62. The van der Waals surface area contributed by atoms with Crippen molar-refractivity contribution in [2.24, 2.45) is 5.73 Å². The highest BCUT2D eigenvalue weighted by Crippen LogP contribution is 2.23. The molecule has 0 fully saturated rings. The van der Waals surface area contributed by atoms with E-state index in [-0.39, 0.29) is 6.04 Å². The summed E-state index contributed by atoms with van der Waals surface area (Å²) in [6, 6.07) is 12.1. The summed E-state index contributed by atoms with van der Waals surface area (Å²) in [5.74, 6) is 1.75. The maximum atomic E-state index is 6.03. The summed E-state index contributed by atoms with van der Waals surface area (Å²) in [7, 11) is 2.07. The zero-order chi connectivity index (χ0) is 13.8. The lowest BCUT2D eigenvalue weighted by Gasteiger charge is -2.24. The van der Waals surface area contributed by atoms with Crippen LogP contribution in [0.1, 0.15) is 30.0 Å². The van der Waals surface area contributed by atoms with Crippen molar-refractivity contribution in [3.63, 3.8) is 0 Å². The molecule has 1 atom stereocenters. The fourth-order valence-corrected chi connectivity index (χ4v) is 2.22. The Balaban J connectivity index is 2.04. The average Bonchev–Trinajstić information content (AvgIpc) is 2.85. The summed E-state index contributed by atoms with van der Waals surface area (Å²) in [5, 5.41) is 0.765. The highest BCUT2D eigenvalue weighted by Gasteiger charge is 2.13. The van der Waals surface area contributed by atoms with Gasteiger partial charge in [0.2, 0.25) is 0 Å². The Morgan fingerprint density at radius 2 is 2.00 bits per heavy atom. The van der Waals surface area contributed by atoms with Crippen LogP contribution in [0.4, 0.5) is 0 Å². The van der Waals surface area contributed by atoms with E-state index in [0.29, 0.717) is 6.54 Å². The van der Waals surface area contributed by atoms with Crippen LogP contribution >= 0.6 is 11.6 Å². The van der Waals surface area contributed by atoms with Gasteiger partial charge in [-0.05, 0) is 43.8 Å². The van der Waals surface area contributed by atoms with Crippen LogP contribution in [0.25, 0.3) is 0 Å². The van der Waals surface area contributed by atoms with Crippen LogP contribution in [0.5, 0.6) is 0 Å². The average molecular weight is 279 g/mol. The molecule has 0 saturated heterocycles. The van der Waals surface area contributed by atoms with Gasteiger partial charge in [-0.15, -0.1) is 0 Å². The van der Waals surface area contributed by atoms with Gasteiger partial charge in [-0.1, -0.05) is 23.7 Å². The van der Waals surface area contributed by atoms with Gasteiger partial charge in [0.25, 0.3) is 0 Å². The van der Waals surface area contributed by atoms with Crippen molar-refractivity contribution in [3.8, 4) is 0 Å². The zero-order valence-electron chi connectivity index (χ0n) is 11.3. The lowest BCUT2D eigenvalue weighted by atomic mass is 10.1.